The molecular weight excluding hydrogens is 468 g/mol. The van der Waals surface area contributed by atoms with Crippen molar-refractivity contribution in [2.24, 2.45) is 0 Å². The molecule has 5 rings (SSSR count). The van der Waals surface area contributed by atoms with Crippen LogP contribution >= 0.6 is 15.9 Å². The second-order valence-electron chi connectivity index (χ2n) is 7.74. The maximum absolute atomic E-state index is 4.63. The Kier molecular flexibility index (Phi) is 5.83. The predicted molar refractivity (Wildman–Crippen MR) is 132 cm³/mol. The van der Waals surface area contributed by atoms with Crippen molar-refractivity contribution in [3.63, 3.8) is 0 Å². The van der Waals surface area contributed by atoms with E-state index < -0.39 is 0 Å². The Morgan fingerprint density at radius 3 is 2.31 bits per heavy atom. The van der Waals surface area contributed by atoms with E-state index in [4.69, 9.17) is 0 Å². The number of anilines is 5. The van der Waals surface area contributed by atoms with Gasteiger partial charge in [0.05, 0.1) is 15.5 Å². The normalized spacial score (nSPS) is 14.5. The molecule has 32 heavy (non-hydrogen) atoms. The highest BCUT2D eigenvalue weighted by molar-refractivity contribution is 9.10. The largest absolute Gasteiger partial charge is 0.369 e. The molecule has 0 aliphatic carbocycles. The van der Waals surface area contributed by atoms with Crippen LogP contribution in [0, 0.1) is 0 Å². The Balaban J connectivity index is 1.30. The lowest BCUT2D eigenvalue weighted by Crippen LogP contribution is -2.44. The third-order valence-corrected chi connectivity index (χ3v) is 6.05. The molecule has 0 saturated carbocycles. The zero-order chi connectivity index (χ0) is 21.9. The molecule has 162 valence electrons. The molecule has 0 bridgehead atoms. The third-order valence-electron chi connectivity index (χ3n) is 5.47. The van der Waals surface area contributed by atoms with Crippen LogP contribution in [0.2, 0.25) is 0 Å². The summed E-state index contributed by atoms with van der Waals surface area (Å²) in [5, 5.41) is 6.62. The first-order valence-electron chi connectivity index (χ1n) is 10.4. The maximum Gasteiger partial charge on any atom is 0.229 e. The lowest BCUT2D eigenvalue weighted by molar-refractivity contribution is 0.313. The number of benzene rings is 2. The summed E-state index contributed by atoms with van der Waals surface area (Å²) >= 11 is 3.53. The average molecular weight is 491 g/mol. The third kappa shape index (κ3) is 4.63. The zero-order valence-electron chi connectivity index (χ0n) is 17.7. The summed E-state index contributed by atoms with van der Waals surface area (Å²) in [5.41, 5.74) is 4.72. The van der Waals surface area contributed by atoms with Crippen molar-refractivity contribution in [2.45, 2.75) is 0 Å². The van der Waals surface area contributed by atoms with Crippen LogP contribution in [0.25, 0.3) is 11.0 Å². The lowest BCUT2D eigenvalue weighted by atomic mass is 10.2. The van der Waals surface area contributed by atoms with E-state index in [1.54, 1.807) is 18.6 Å². The summed E-state index contributed by atoms with van der Waals surface area (Å²) in [6, 6.07) is 14.2. The molecule has 0 unspecified atom stereocenters. The van der Waals surface area contributed by atoms with Crippen LogP contribution in [0.3, 0.4) is 0 Å². The van der Waals surface area contributed by atoms with Crippen LogP contribution in [-0.2, 0) is 0 Å². The van der Waals surface area contributed by atoms with Gasteiger partial charge in [0, 0.05) is 61.8 Å². The Hall–Kier alpha value is -3.30. The molecule has 0 radical (unpaired) electrons. The van der Waals surface area contributed by atoms with Crippen LogP contribution in [-0.4, -0.2) is 58.1 Å². The summed E-state index contributed by atoms with van der Waals surface area (Å²) in [4.78, 5) is 22.5. The minimum absolute atomic E-state index is 0.517. The number of rotatable bonds is 5. The Bertz CT molecular complexity index is 1220. The lowest BCUT2D eigenvalue weighted by Gasteiger charge is -2.34. The van der Waals surface area contributed by atoms with Crippen molar-refractivity contribution in [1.29, 1.82) is 0 Å². The van der Waals surface area contributed by atoms with E-state index in [2.05, 4.69) is 87.6 Å². The van der Waals surface area contributed by atoms with E-state index in [0.717, 1.165) is 53.1 Å². The number of fused-ring (bicyclic) bond motifs is 1. The van der Waals surface area contributed by atoms with Gasteiger partial charge in [-0.2, -0.15) is 4.98 Å². The SMILES string of the molecule is CN1CCN(c2ccc(Nc3ncc(Br)c(Nc4ccc5nccnc5c4)n3)cc2)CC1. The van der Waals surface area contributed by atoms with Gasteiger partial charge in [-0.05, 0) is 65.4 Å². The molecule has 2 N–H and O–H groups in total. The molecule has 8 nitrogen and oxygen atoms in total. The van der Waals surface area contributed by atoms with Crippen molar-refractivity contribution in [3.05, 3.63) is 65.5 Å². The molecule has 0 spiro atoms. The van der Waals surface area contributed by atoms with Gasteiger partial charge in [0.25, 0.3) is 0 Å². The van der Waals surface area contributed by atoms with Gasteiger partial charge in [-0.25, -0.2) is 4.98 Å². The second-order valence-corrected chi connectivity index (χ2v) is 8.59. The highest BCUT2D eigenvalue weighted by atomic mass is 79.9. The minimum Gasteiger partial charge on any atom is -0.369 e. The number of nitrogens with zero attached hydrogens (tertiary/aromatic N) is 6. The highest BCUT2D eigenvalue weighted by Crippen LogP contribution is 2.27. The molecule has 1 aliphatic heterocycles. The fourth-order valence-electron chi connectivity index (χ4n) is 3.64. The molecule has 4 aromatic rings. The predicted octanol–water partition coefficient (Wildman–Crippen LogP) is 4.42. The molecule has 1 aliphatic rings. The minimum atomic E-state index is 0.517. The topological polar surface area (TPSA) is 82.1 Å². The van der Waals surface area contributed by atoms with Crippen molar-refractivity contribution < 1.29 is 0 Å². The monoisotopic (exact) mass is 490 g/mol. The fourth-order valence-corrected chi connectivity index (χ4v) is 3.93. The highest BCUT2D eigenvalue weighted by Gasteiger charge is 2.14. The van der Waals surface area contributed by atoms with Gasteiger partial charge in [-0.15, -0.1) is 0 Å². The number of hydrogen-bond donors (Lipinski definition) is 2. The molecular formula is C23H23BrN8. The van der Waals surface area contributed by atoms with E-state index in [1.165, 1.54) is 5.69 Å². The van der Waals surface area contributed by atoms with Crippen molar-refractivity contribution in [2.75, 3.05) is 48.8 Å². The molecule has 3 heterocycles. The van der Waals surface area contributed by atoms with Gasteiger partial charge in [0.2, 0.25) is 5.95 Å². The van der Waals surface area contributed by atoms with Crippen LogP contribution in [0.4, 0.5) is 28.8 Å². The first-order chi connectivity index (χ1) is 15.6. The van der Waals surface area contributed by atoms with Crippen LogP contribution in [0.15, 0.2) is 65.5 Å². The Morgan fingerprint density at radius 2 is 1.53 bits per heavy atom. The number of likely N-dealkylation sites (N-methyl/N-ethyl adjacent to an activating group) is 1. The van der Waals surface area contributed by atoms with Gasteiger partial charge in [0.1, 0.15) is 5.82 Å². The van der Waals surface area contributed by atoms with E-state index >= 15 is 0 Å². The average Bonchev–Trinajstić information content (AvgIpc) is 2.82. The Labute approximate surface area is 194 Å². The van der Waals surface area contributed by atoms with Crippen LogP contribution in [0.1, 0.15) is 0 Å². The smallest absolute Gasteiger partial charge is 0.229 e. The summed E-state index contributed by atoms with van der Waals surface area (Å²) in [7, 11) is 2.17. The zero-order valence-corrected chi connectivity index (χ0v) is 19.2. The van der Waals surface area contributed by atoms with E-state index in [1.807, 2.05) is 18.2 Å². The standard InChI is InChI=1S/C23H23BrN8/c1-31-10-12-32(13-11-31)18-5-2-16(3-6-18)29-23-27-15-19(24)22(30-23)28-17-4-7-20-21(14-17)26-9-8-25-20/h2-9,14-15H,10-13H2,1H3,(H2,27,28,29,30). The van der Waals surface area contributed by atoms with Gasteiger partial charge in [-0.1, -0.05) is 0 Å². The summed E-state index contributed by atoms with van der Waals surface area (Å²) < 4.78 is 0.771. The van der Waals surface area contributed by atoms with Gasteiger partial charge in [-0.3, -0.25) is 9.97 Å². The number of piperazine rings is 1. The number of halogens is 1. The molecule has 2 aromatic carbocycles. The summed E-state index contributed by atoms with van der Waals surface area (Å²) in [6.07, 6.45) is 5.10. The molecule has 1 saturated heterocycles. The molecule has 2 aromatic heterocycles. The van der Waals surface area contributed by atoms with Crippen molar-refractivity contribution >= 4 is 55.8 Å². The van der Waals surface area contributed by atoms with E-state index in [9.17, 15) is 0 Å². The summed E-state index contributed by atoms with van der Waals surface area (Å²) in [5.74, 6) is 1.18. The second kappa shape index (κ2) is 9.05. The van der Waals surface area contributed by atoms with Gasteiger partial charge < -0.3 is 20.4 Å². The number of nitrogens with one attached hydrogen (secondary N) is 2. The van der Waals surface area contributed by atoms with Gasteiger partial charge >= 0.3 is 0 Å². The van der Waals surface area contributed by atoms with Crippen molar-refractivity contribution in [3.8, 4) is 0 Å². The Morgan fingerprint density at radius 1 is 0.812 bits per heavy atom. The molecule has 1 fully saturated rings. The first-order valence-corrected chi connectivity index (χ1v) is 11.2. The van der Waals surface area contributed by atoms with Crippen molar-refractivity contribution in [1.82, 2.24) is 24.8 Å². The first kappa shape index (κ1) is 20.6. The van der Waals surface area contributed by atoms with E-state index in [0.29, 0.717) is 11.8 Å². The number of aromatic nitrogens is 4. The van der Waals surface area contributed by atoms with Gasteiger partial charge in [0.15, 0.2) is 0 Å². The maximum atomic E-state index is 4.63. The number of hydrogen-bond acceptors (Lipinski definition) is 8. The molecule has 0 amide bonds. The van der Waals surface area contributed by atoms with Crippen LogP contribution < -0.4 is 15.5 Å². The molecule has 9 heteroatoms. The van der Waals surface area contributed by atoms with E-state index in [-0.39, 0.29) is 0 Å². The van der Waals surface area contributed by atoms with Crippen LogP contribution in [0.5, 0.6) is 0 Å². The molecule has 0 atom stereocenters. The summed E-state index contributed by atoms with van der Waals surface area (Å²) in [6.45, 7) is 4.28. The fraction of sp³-hybridized carbons (Fsp3) is 0.217. The quantitative estimate of drug-likeness (QED) is 0.425.